The molecular formula is C23H24N2O6. The lowest BCUT2D eigenvalue weighted by molar-refractivity contribution is -0.153. The monoisotopic (exact) mass is 424 g/mol. The zero-order chi connectivity index (χ0) is 21.8. The summed E-state index contributed by atoms with van der Waals surface area (Å²) in [5.74, 6) is -1.58. The third-order valence-electron chi connectivity index (χ3n) is 5.56. The number of hydrogen-bond donors (Lipinski definition) is 3. The number of aliphatic carboxylic acids is 1. The van der Waals surface area contributed by atoms with Crippen LogP contribution in [0.3, 0.4) is 0 Å². The summed E-state index contributed by atoms with van der Waals surface area (Å²) in [5, 5.41) is 13.9. The Morgan fingerprint density at radius 2 is 1.58 bits per heavy atom. The van der Waals surface area contributed by atoms with E-state index in [0.29, 0.717) is 0 Å². The maximum atomic E-state index is 12.1. The van der Waals surface area contributed by atoms with Crippen LogP contribution in [0, 0.1) is 5.92 Å². The summed E-state index contributed by atoms with van der Waals surface area (Å²) in [6.45, 7) is -0.355. The molecule has 2 amide bonds. The number of carbonyl (C=O) groups is 3. The SMILES string of the molecule is O=C(CNC(=O)OCC1c2ccccc2-c2ccccc21)NCO[C@H](C(=O)O)C1CC1. The van der Waals surface area contributed by atoms with E-state index in [1.807, 2.05) is 36.4 Å². The van der Waals surface area contributed by atoms with E-state index in [0.717, 1.165) is 35.1 Å². The van der Waals surface area contributed by atoms with Crippen molar-refractivity contribution in [3.8, 4) is 11.1 Å². The van der Waals surface area contributed by atoms with Crippen molar-refractivity contribution in [3.63, 3.8) is 0 Å². The number of hydrogen-bond acceptors (Lipinski definition) is 5. The van der Waals surface area contributed by atoms with Gasteiger partial charge in [-0.1, -0.05) is 48.5 Å². The fourth-order valence-corrected chi connectivity index (χ4v) is 3.88. The molecule has 2 aromatic carbocycles. The summed E-state index contributed by atoms with van der Waals surface area (Å²) < 4.78 is 10.6. The minimum atomic E-state index is -1.03. The van der Waals surface area contributed by atoms with Gasteiger partial charge in [0.05, 0.1) is 0 Å². The molecule has 8 heteroatoms. The fraction of sp³-hybridized carbons (Fsp3) is 0.348. The molecule has 2 aromatic rings. The average Bonchev–Trinajstić information content (AvgIpc) is 3.56. The summed E-state index contributed by atoms with van der Waals surface area (Å²) in [5.41, 5.74) is 4.49. The molecule has 0 unspecified atom stereocenters. The molecule has 1 saturated carbocycles. The number of ether oxygens (including phenoxy) is 2. The number of alkyl carbamates (subject to hydrolysis) is 1. The van der Waals surface area contributed by atoms with E-state index < -0.39 is 24.1 Å². The molecule has 31 heavy (non-hydrogen) atoms. The molecule has 0 aliphatic heterocycles. The van der Waals surface area contributed by atoms with E-state index in [4.69, 9.17) is 14.6 Å². The highest BCUT2D eigenvalue weighted by molar-refractivity contribution is 5.82. The van der Waals surface area contributed by atoms with Gasteiger partial charge in [-0.05, 0) is 41.0 Å². The number of carbonyl (C=O) groups excluding carboxylic acids is 2. The highest BCUT2D eigenvalue weighted by Gasteiger charge is 2.37. The first-order chi connectivity index (χ1) is 15.0. The van der Waals surface area contributed by atoms with Gasteiger partial charge in [-0.25, -0.2) is 9.59 Å². The van der Waals surface area contributed by atoms with Crippen LogP contribution in [-0.2, 0) is 19.1 Å². The molecule has 1 fully saturated rings. The van der Waals surface area contributed by atoms with Crippen molar-refractivity contribution in [1.29, 1.82) is 0 Å². The zero-order valence-electron chi connectivity index (χ0n) is 16.9. The van der Waals surface area contributed by atoms with Crippen LogP contribution in [0.1, 0.15) is 29.9 Å². The molecule has 0 saturated heterocycles. The Morgan fingerprint density at radius 3 is 2.16 bits per heavy atom. The van der Waals surface area contributed by atoms with E-state index >= 15 is 0 Å². The number of fused-ring (bicyclic) bond motifs is 3. The standard InChI is InChI=1S/C23H24N2O6/c26-20(25-13-31-21(22(27)28)14-9-10-14)11-24-23(29)30-12-19-17-7-3-1-5-15(17)16-6-2-4-8-18(16)19/h1-8,14,19,21H,9-13H2,(H,24,29)(H,25,26)(H,27,28)/t21-/m0/s1. The molecule has 8 nitrogen and oxygen atoms in total. The first kappa shape index (κ1) is 20.9. The maximum absolute atomic E-state index is 12.1. The van der Waals surface area contributed by atoms with Gasteiger partial charge < -0.3 is 25.2 Å². The van der Waals surface area contributed by atoms with E-state index in [2.05, 4.69) is 22.8 Å². The topological polar surface area (TPSA) is 114 Å². The van der Waals surface area contributed by atoms with Gasteiger partial charge in [0.2, 0.25) is 5.91 Å². The van der Waals surface area contributed by atoms with E-state index in [9.17, 15) is 14.4 Å². The summed E-state index contributed by atoms with van der Waals surface area (Å²) >= 11 is 0. The van der Waals surface area contributed by atoms with Crippen LogP contribution in [0.25, 0.3) is 11.1 Å². The second kappa shape index (κ2) is 9.18. The summed E-state index contributed by atoms with van der Waals surface area (Å²) in [6.07, 6.45) is 0.0254. The van der Waals surface area contributed by atoms with E-state index in [-0.39, 0.29) is 31.7 Å². The van der Waals surface area contributed by atoms with Gasteiger partial charge >= 0.3 is 12.1 Å². The largest absolute Gasteiger partial charge is 0.479 e. The number of benzene rings is 2. The second-order valence-electron chi connectivity index (χ2n) is 7.69. The van der Waals surface area contributed by atoms with Crippen LogP contribution >= 0.6 is 0 Å². The lowest BCUT2D eigenvalue weighted by Gasteiger charge is -2.15. The van der Waals surface area contributed by atoms with Gasteiger partial charge in [-0.15, -0.1) is 0 Å². The zero-order valence-corrected chi connectivity index (χ0v) is 16.9. The van der Waals surface area contributed by atoms with Crippen LogP contribution in [0.15, 0.2) is 48.5 Å². The maximum Gasteiger partial charge on any atom is 0.407 e. The number of carboxylic acids is 1. The van der Waals surface area contributed by atoms with Crippen molar-refractivity contribution < 1.29 is 29.0 Å². The van der Waals surface area contributed by atoms with Crippen LogP contribution in [-0.4, -0.2) is 49.1 Å². The fourth-order valence-electron chi connectivity index (χ4n) is 3.88. The van der Waals surface area contributed by atoms with Gasteiger partial charge in [0, 0.05) is 5.92 Å². The molecule has 0 bridgehead atoms. The minimum absolute atomic E-state index is 0.00773. The predicted molar refractivity (Wildman–Crippen MR) is 111 cm³/mol. The van der Waals surface area contributed by atoms with Gasteiger partial charge in [0.1, 0.15) is 19.9 Å². The number of amides is 2. The average molecular weight is 424 g/mol. The third-order valence-corrected chi connectivity index (χ3v) is 5.56. The predicted octanol–water partition coefficient (Wildman–Crippen LogP) is 2.48. The van der Waals surface area contributed by atoms with Crippen molar-refractivity contribution in [3.05, 3.63) is 59.7 Å². The van der Waals surface area contributed by atoms with Crippen LogP contribution in [0.4, 0.5) is 4.79 Å². The third kappa shape index (κ3) is 4.86. The molecule has 4 rings (SSSR count). The van der Waals surface area contributed by atoms with Crippen LogP contribution in [0.2, 0.25) is 0 Å². The molecule has 1 atom stereocenters. The first-order valence-corrected chi connectivity index (χ1v) is 10.2. The number of carboxylic acid groups (broad SMARTS) is 1. The summed E-state index contributed by atoms with van der Waals surface area (Å²) in [4.78, 5) is 35.0. The molecule has 0 spiro atoms. The lowest BCUT2D eigenvalue weighted by atomic mass is 9.98. The van der Waals surface area contributed by atoms with Crippen molar-refractivity contribution in [2.75, 3.05) is 19.9 Å². The van der Waals surface area contributed by atoms with Gasteiger partial charge in [0.25, 0.3) is 0 Å². The Bertz CT molecular complexity index is 942. The highest BCUT2D eigenvalue weighted by Crippen LogP contribution is 2.44. The Kier molecular flexibility index (Phi) is 6.18. The van der Waals surface area contributed by atoms with Crippen molar-refractivity contribution in [1.82, 2.24) is 10.6 Å². The van der Waals surface area contributed by atoms with E-state index in [1.165, 1.54) is 0 Å². The summed E-state index contributed by atoms with van der Waals surface area (Å²) in [7, 11) is 0. The molecule has 162 valence electrons. The Balaban J connectivity index is 1.22. The van der Waals surface area contributed by atoms with Crippen molar-refractivity contribution in [2.45, 2.75) is 24.9 Å². The van der Waals surface area contributed by atoms with Crippen LogP contribution < -0.4 is 10.6 Å². The second-order valence-corrected chi connectivity index (χ2v) is 7.69. The van der Waals surface area contributed by atoms with Crippen molar-refractivity contribution in [2.24, 2.45) is 5.92 Å². The molecule has 0 aromatic heterocycles. The lowest BCUT2D eigenvalue weighted by Crippen LogP contribution is -2.40. The summed E-state index contributed by atoms with van der Waals surface area (Å²) in [6, 6.07) is 16.1. The Morgan fingerprint density at radius 1 is 0.968 bits per heavy atom. The minimum Gasteiger partial charge on any atom is -0.479 e. The molecule has 2 aliphatic carbocycles. The quantitative estimate of drug-likeness (QED) is 0.533. The Hall–Kier alpha value is -3.39. The molecule has 0 radical (unpaired) electrons. The van der Waals surface area contributed by atoms with E-state index in [1.54, 1.807) is 0 Å². The Labute approximate surface area is 179 Å². The molecule has 3 N–H and O–H groups in total. The van der Waals surface area contributed by atoms with Gasteiger partial charge in [-0.3, -0.25) is 4.79 Å². The van der Waals surface area contributed by atoms with Crippen LogP contribution in [0.5, 0.6) is 0 Å². The normalized spacial score (nSPS) is 15.5. The highest BCUT2D eigenvalue weighted by atomic mass is 16.5. The molecule has 0 heterocycles. The van der Waals surface area contributed by atoms with Crippen molar-refractivity contribution >= 4 is 18.0 Å². The number of rotatable bonds is 9. The smallest absolute Gasteiger partial charge is 0.407 e. The van der Waals surface area contributed by atoms with Gasteiger partial charge in [0.15, 0.2) is 6.10 Å². The number of nitrogens with one attached hydrogen (secondary N) is 2. The first-order valence-electron chi connectivity index (χ1n) is 10.2. The van der Waals surface area contributed by atoms with Gasteiger partial charge in [-0.2, -0.15) is 0 Å². The molecular weight excluding hydrogens is 400 g/mol. The molecule has 2 aliphatic rings.